The highest BCUT2D eigenvalue weighted by atomic mass is 19.3. The van der Waals surface area contributed by atoms with Crippen LogP contribution < -0.4 is 4.74 Å². The third-order valence-corrected chi connectivity index (χ3v) is 1.88. The van der Waals surface area contributed by atoms with Gasteiger partial charge in [0.2, 0.25) is 0 Å². The highest BCUT2D eigenvalue weighted by molar-refractivity contribution is 5.94. The number of hydrogen-bond donors (Lipinski definition) is 0. The minimum Gasteiger partial charge on any atom is -0.431 e. The predicted molar refractivity (Wildman–Crippen MR) is 47.8 cm³/mol. The Bertz CT molecular complexity index is 388. The summed E-state index contributed by atoms with van der Waals surface area (Å²) in [5.74, 6) is -2.15. The molecular formula is C10H9F3O2. The van der Waals surface area contributed by atoms with Crippen LogP contribution in [-0.2, 0) is 0 Å². The third kappa shape index (κ3) is 2.49. The van der Waals surface area contributed by atoms with E-state index in [2.05, 4.69) is 4.74 Å². The van der Waals surface area contributed by atoms with Crippen LogP contribution in [0.1, 0.15) is 22.8 Å². The molecule has 0 radical (unpaired) electrons. The lowest BCUT2D eigenvalue weighted by atomic mass is 10.1. The van der Waals surface area contributed by atoms with Gasteiger partial charge in [-0.15, -0.1) is 0 Å². The molecule has 0 saturated carbocycles. The van der Waals surface area contributed by atoms with Crippen LogP contribution in [0.2, 0.25) is 0 Å². The molecule has 2 nitrogen and oxygen atoms in total. The van der Waals surface area contributed by atoms with E-state index in [1.807, 2.05) is 0 Å². The largest absolute Gasteiger partial charge is 0.431 e. The van der Waals surface area contributed by atoms with E-state index in [0.29, 0.717) is 0 Å². The fraction of sp³-hybridized carbons (Fsp3) is 0.300. The minimum atomic E-state index is -3.11. The summed E-state index contributed by atoms with van der Waals surface area (Å²) in [5.41, 5.74) is -0.0333. The molecule has 0 spiro atoms. The minimum absolute atomic E-state index is 0.220. The van der Waals surface area contributed by atoms with Crippen molar-refractivity contribution in [1.82, 2.24) is 0 Å². The first-order valence-corrected chi connectivity index (χ1v) is 4.18. The molecule has 0 aliphatic carbocycles. The Balaban J connectivity index is 3.24. The number of Topliss-reactive ketones (excluding diaryl/α,β-unsaturated/α-hetero) is 1. The molecule has 1 aromatic carbocycles. The van der Waals surface area contributed by atoms with Crippen molar-refractivity contribution in [3.8, 4) is 5.75 Å². The first kappa shape index (κ1) is 11.6. The lowest BCUT2D eigenvalue weighted by molar-refractivity contribution is -0.0527. The van der Waals surface area contributed by atoms with Crippen molar-refractivity contribution in [3.63, 3.8) is 0 Å². The van der Waals surface area contributed by atoms with E-state index in [1.54, 1.807) is 0 Å². The van der Waals surface area contributed by atoms with Crippen molar-refractivity contribution in [3.05, 3.63) is 29.1 Å². The molecule has 0 fully saturated rings. The fourth-order valence-corrected chi connectivity index (χ4v) is 1.16. The molecule has 0 N–H and O–H groups in total. The molecular weight excluding hydrogens is 209 g/mol. The van der Waals surface area contributed by atoms with Gasteiger partial charge in [-0.1, -0.05) is 6.07 Å². The lowest BCUT2D eigenvalue weighted by Crippen LogP contribution is -2.08. The van der Waals surface area contributed by atoms with E-state index < -0.39 is 24.0 Å². The molecule has 1 rings (SSSR count). The summed E-state index contributed by atoms with van der Waals surface area (Å²) in [4.78, 5) is 10.9. The van der Waals surface area contributed by atoms with Crippen molar-refractivity contribution < 1.29 is 22.7 Å². The Morgan fingerprint density at radius 3 is 2.47 bits per heavy atom. The van der Waals surface area contributed by atoms with Crippen LogP contribution in [0.15, 0.2) is 12.1 Å². The van der Waals surface area contributed by atoms with Crippen LogP contribution in [0.25, 0.3) is 0 Å². The summed E-state index contributed by atoms with van der Waals surface area (Å²) in [6, 6.07) is 2.60. The maximum atomic E-state index is 13.5. The SMILES string of the molecule is CC(=O)c1ccc(C)c(OC(F)F)c1F. The smallest absolute Gasteiger partial charge is 0.387 e. The van der Waals surface area contributed by atoms with Gasteiger partial charge in [-0.25, -0.2) is 4.39 Å². The first-order chi connectivity index (χ1) is 6.93. The normalized spacial score (nSPS) is 10.5. The standard InChI is InChI=1S/C10H9F3O2/c1-5-3-4-7(6(2)14)8(11)9(5)15-10(12)13/h3-4,10H,1-2H3. The van der Waals surface area contributed by atoms with E-state index in [-0.39, 0.29) is 11.1 Å². The Hall–Kier alpha value is -1.52. The Kier molecular flexibility index (Phi) is 3.34. The quantitative estimate of drug-likeness (QED) is 0.729. The first-order valence-electron chi connectivity index (χ1n) is 4.18. The monoisotopic (exact) mass is 218 g/mol. The molecule has 1 aromatic rings. The topological polar surface area (TPSA) is 26.3 Å². The van der Waals surface area contributed by atoms with Gasteiger partial charge >= 0.3 is 6.61 Å². The van der Waals surface area contributed by atoms with Gasteiger partial charge in [-0.05, 0) is 25.5 Å². The number of ketones is 1. The zero-order valence-electron chi connectivity index (χ0n) is 8.18. The van der Waals surface area contributed by atoms with Gasteiger partial charge in [0.05, 0.1) is 5.56 Å². The summed E-state index contributed by atoms with van der Waals surface area (Å²) in [6.45, 7) is -0.537. The van der Waals surface area contributed by atoms with Gasteiger partial charge in [0.15, 0.2) is 17.3 Å². The Labute approximate surface area is 84.7 Å². The van der Waals surface area contributed by atoms with Crippen molar-refractivity contribution in [2.24, 2.45) is 0 Å². The number of alkyl halides is 2. The van der Waals surface area contributed by atoms with Gasteiger partial charge in [0.25, 0.3) is 0 Å². The summed E-state index contributed by atoms with van der Waals surface area (Å²) in [7, 11) is 0. The second-order valence-electron chi connectivity index (χ2n) is 3.01. The number of aryl methyl sites for hydroxylation is 1. The van der Waals surface area contributed by atoms with Crippen molar-refractivity contribution in [2.75, 3.05) is 0 Å². The predicted octanol–water partition coefficient (Wildman–Crippen LogP) is 2.94. The van der Waals surface area contributed by atoms with Crippen molar-refractivity contribution in [1.29, 1.82) is 0 Å². The summed E-state index contributed by atoms with van der Waals surface area (Å²) in [5, 5.41) is 0. The molecule has 0 aliphatic rings. The fourth-order valence-electron chi connectivity index (χ4n) is 1.16. The van der Waals surface area contributed by atoms with Gasteiger partial charge in [0.1, 0.15) is 0 Å². The molecule has 0 saturated heterocycles. The highest BCUT2D eigenvalue weighted by Crippen LogP contribution is 2.27. The molecule has 82 valence electrons. The molecule has 5 heteroatoms. The summed E-state index contributed by atoms with van der Waals surface area (Å²) < 4.78 is 41.4. The number of carbonyl (C=O) groups is 1. The average molecular weight is 218 g/mol. The maximum absolute atomic E-state index is 13.5. The second-order valence-corrected chi connectivity index (χ2v) is 3.01. The molecule has 0 amide bonds. The highest BCUT2D eigenvalue weighted by Gasteiger charge is 2.18. The van der Waals surface area contributed by atoms with Crippen LogP contribution in [0.5, 0.6) is 5.75 Å². The number of rotatable bonds is 3. The van der Waals surface area contributed by atoms with E-state index in [1.165, 1.54) is 19.1 Å². The van der Waals surface area contributed by atoms with Gasteiger partial charge in [-0.3, -0.25) is 4.79 Å². The second kappa shape index (κ2) is 4.33. The van der Waals surface area contributed by atoms with E-state index in [9.17, 15) is 18.0 Å². The van der Waals surface area contributed by atoms with Crippen LogP contribution >= 0.6 is 0 Å². The number of halogens is 3. The molecule has 0 bridgehead atoms. The number of ether oxygens (including phenoxy) is 1. The van der Waals surface area contributed by atoms with Gasteiger partial charge in [-0.2, -0.15) is 8.78 Å². The van der Waals surface area contributed by atoms with Gasteiger partial charge in [0, 0.05) is 0 Å². The Morgan fingerprint density at radius 2 is 2.00 bits per heavy atom. The van der Waals surface area contributed by atoms with Crippen LogP contribution in [0.3, 0.4) is 0 Å². The van der Waals surface area contributed by atoms with Crippen molar-refractivity contribution >= 4 is 5.78 Å². The summed E-state index contributed by atoms with van der Waals surface area (Å²) in [6.07, 6.45) is 0. The Morgan fingerprint density at radius 1 is 1.40 bits per heavy atom. The van der Waals surface area contributed by atoms with Crippen molar-refractivity contribution in [2.45, 2.75) is 20.5 Å². The molecule has 0 atom stereocenters. The van der Waals surface area contributed by atoms with Crippen LogP contribution in [0, 0.1) is 12.7 Å². The average Bonchev–Trinajstić information content (AvgIpc) is 2.11. The van der Waals surface area contributed by atoms with E-state index in [4.69, 9.17) is 0 Å². The third-order valence-electron chi connectivity index (χ3n) is 1.88. The lowest BCUT2D eigenvalue weighted by Gasteiger charge is -2.10. The molecule has 0 aromatic heterocycles. The number of hydrogen-bond acceptors (Lipinski definition) is 2. The molecule has 15 heavy (non-hydrogen) atoms. The summed E-state index contributed by atoms with van der Waals surface area (Å²) >= 11 is 0. The van der Waals surface area contributed by atoms with Crippen LogP contribution in [-0.4, -0.2) is 12.4 Å². The molecule has 0 heterocycles. The number of benzene rings is 1. The van der Waals surface area contributed by atoms with Gasteiger partial charge < -0.3 is 4.74 Å². The zero-order valence-corrected chi connectivity index (χ0v) is 8.18. The maximum Gasteiger partial charge on any atom is 0.387 e. The number of carbonyl (C=O) groups excluding carboxylic acids is 1. The van der Waals surface area contributed by atoms with E-state index in [0.717, 1.165) is 6.92 Å². The molecule has 0 unspecified atom stereocenters. The molecule has 0 aliphatic heterocycles. The van der Waals surface area contributed by atoms with Crippen LogP contribution in [0.4, 0.5) is 13.2 Å². The van der Waals surface area contributed by atoms with E-state index >= 15 is 0 Å². The zero-order chi connectivity index (χ0) is 11.6.